The van der Waals surface area contributed by atoms with Crippen LogP contribution in [0.1, 0.15) is 11.4 Å². The average molecular weight is 269 g/mol. The van der Waals surface area contributed by atoms with Crippen LogP contribution in [-0.4, -0.2) is 22.4 Å². The Morgan fingerprint density at radius 2 is 2.06 bits per heavy atom. The summed E-state index contributed by atoms with van der Waals surface area (Å²) in [5.41, 5.74) is 6.55. The summed E-state index contributed by atoms with van der Waals surface area (Å²) >= 11 is 7.18. The topological polar surface area (TPSA) is 63.8 Å². The van der Waals surface area contributed by atoms with E-state index in [1.165, 1.54) is 11.5 Å². The van der Waals surface area contributed by atoms with Gasteiger partial charge < -0.3 is 11.1 Å². The number of nitrogens with zero attached hydrogens (tertiary/aromatic N) is 2. The van der Waals surface area contributed by atoms with Crippen LogP contribution in [-0.2, 0) is 6.42 Å². The van der Waals surface area contributed by atoms with Crippen LogP contribution in [0.5, 0.6) is 0 Å². The summed E-state index contributed by atoms with van der Waals surface area (Å²) in [5.74, 6) is 0.817. The summed E-state index contributed by atoms with van der Waals surface area (Å²) in [5, 5.41) is 4.67. The van der Waals surface area contributed by atoms with Gasteiger partial charge in [-0.1, -0.05) is 23.7 Å². The van der Waals surface area contributed by atoms with Gasteiger partial charge in [0.05, 0.1) is 0 Å². The first-order chi connectivity index (χ1) is 8.28. The zero-order valence-corrected chi connectivity index (χ0v) is 10.8. The molecule has 1 aromatic carbocycles. The Kier molecular flexibility index (Phi) is 4.30. The van der Waals surface area contributed by atoms with Gasteiger partial charge in [0, 0.05) is 36.1 Å². The lowest BCUT2D eigenvalue weighted by atomic mass is 10.1. The fraction of sp³-hybridized carbons (Fsp3) is 0.273. The lowest BCUT2D eigenvalue weighted by Crippen LogP contribution is -2.12. The summed E-state index contributed by atoms with van der Waals surface area (Å²) in [7, 11) is 0. The van der Waals surface area contributed by atoms with Crippen LogP contribution in [0, 0.1) is 0 Å². The molecule has 0 aliphatic heterocycles. The predicted octanol–water partition coefficient (Wildman–Crippen LogP) is 2.15. The summed E-state index contributed by atoms with van der Waals surface area (Å²) in [6, 6.07) is 7.71. The first-order valence-corrected chi connectivity index (χ1v) is 6.44. The van der Waals surface area contributed by atoms with E-state index in [1.54, 1.807) is 0 Å². The molecule has 0 amide bonds. The van der Waals surface area contributed by atoms with Gasteiger partial charge in [0.15, 0.2) is 0 Å². The minimum atomic E-state index is 0.589. The van der Waals surface area contributed by atoms with Crippen molar-refractivity contribution in [3.63, 3.8) is 0 Å². The van der Waals surface area contributed by atoms with Crippen molar-refractivity contribution in [3.8, 4) is 0 Å². The van der Waals surface area contributed by atoms with E-state index in [1.807, 2.05) is 24.3 Å². The average Bonchev–Trinajstić information content (AvgIpc) is 2.77. The minimum Gasteiger partial charge on any atom is -0.359 e. The monoisotopic (exact) mass is 268 g/mol. The largest absolute Gasteiger partial charge is 0.359 e. The highest BCUT2D eigenvalue weighted by molar-refractivity contribution is 7.09. The highest BCUT2D eigenvalue weighted by Gasteiger charge is 2.04. The molecular formula is C11H13ClN4S. The molecule has 6 heteroatoms. The Labute approximate surface area is 109 Å². The predicted molar refractivity (Wildman–Crippen MR) is 71.7 cm³/mol. The van der Waals surface area contributed by atoms with Crippen LogP contribution in [0.3, 0.4) is 0 Å². The van der Waals surface area contributed by atoms with E-state index in [0.717, 1.165) is 34.5 Å². The van der Waals surface area contributed by atoms with E-state index in [2.05, 4.69) is 14.7 Å². The van der Waals surface area contributed by atoms with Gasteiger partial charge in [-0.2, -0.15) is 4.37 Å². The van der Waals surface area contributed by atoms with Gasteiger partial charge in [-0.25, -0.2) is 4.98 Å². The number of hydrogen-bond acceptors (Lipinski definition) is 5. The number of halogens is 1. The molecule has 0 saturated carbocycles. The molecule has 0 spiro atoms. The van der Waals surface area contributed by atoms with E-state index in [-0.39, 0.29) is 0 Å². The number of benzene rings is 1. The molecule has 0 aliphatic rings. The molecule has 2 rings (SSSR count). The molecule has 1 aromatic heterocycles. The van der Waals surface area contributed by atoms with Gasteiger partial charge >= 0.3 is 0 Å². The molecule has 3 N–H and O–H groups in total. The van der Waals surface area contributed by atoms with Crippen molar-refractivity contribution in [3.05, 3.63) is 40.7 Å². The van der Waals surface area contributed by atoms with E-state index in [9.17, 15) is 0 Å². The van der Waals surface area contributed by atoms with E-state index in [0.29, 0.717) is 6.54 Å². The number of rotatable bonds is 5. The quantitative estimate of drug-likeness (QED) is 0.872. The molecular weight excluding hydrogens is 256 g/mol. The van der Waals surface area contributed by atoms with Crippen LogP contribution in [0.15, 0.2) is 24.3 Å². The molecule has 1 heterocycles. The fourth-order valence-electron chi connectivity index (χ4n) is 1.36. The minimum absolute atomic E-state index is 0.589. The van der Waals surface area contributed by atoms with Gasteiger partial charge in [0.25, 0.3) is 0 Å². The first-order valence-electron chi connectivity index (χ1n) is 5.29. The zero-order chi connectivity index (χ0) is 12.1. The van der Waals surface area contributed by atoms with Gasteiger partial charge in [-0.05, 0) is 17.7 Å². The van der Waals surface area contributed by atoms with Gasteiger partial charge in [0.1, 0.15) is 5.82 Å². The lowest BCUT2D eigenvalue weighted by Gasteiger charge is -1.98. The van der Waals surface area contributed by atoms with E-state index >= 15 is 0 Å². The van der Waals surface area contributed by atoms with Crippen molar-refractivity contribution in [1.82, 2.24) is 9.36 Å². The maximum absolute atomic E-state index is 5.82. The third-order valence-electron chi connectivity index (χ3n) is 2.16. The zero-order valence-electron chi connectivity index (χ0n) is 9.19. The molecule has 0 bridgehead atoms. The molecule has 0 aliphatic carbocycles. The maximum atomic E-state index is 5.82. The first kappa shape index (κ1) is 12.3. The van der Waals surface area contributed by atoms with Crippen molar-refractivity contribution < 1.29 is 0 Å². The van der Waals surface area contributed by atoms with Crippen molar-refractivity contribution in [2.24, 2.45) is 5.73 Å². The van der Waals surface area contributed by atoms with Crippen molar-refractivity contribution in [1.29, 1.82) is 0 Å². The normalized spacial score (nSPS) is 10.5. The number of nitrogens with one attached hydrogen (secondary N) is 1. The molecule has 90 valence electrons. The third kappa shape index (κ3) is 3.66. The lowest BCUT2D eigenvalue weighted by molar-refractivity contribution is 0.998. The van der Waals surface area contributed by atoms with Crippen LogP contribution in [0.4, 0.5) is 5.13 Å². The number of aromatic nitrogens is 2. The van der Waals surface area contributed by atoms with Crippen molar-refractivity contribution in [2.45, 2.75) is 6.42 Å². The Morgan fingerprint density at radius 1 is 1.29 bits per heavy atom. The van der Waals surface area contributed by atoms with Crippen molar-refractivity contribution in [2.75, 3.05) is 18.4 Å². The van der Waals surface area contributed by atoms with E-state index < -0.39 is 0 Å². The summed E-state index contributed by atoms with van der Waals surface area (Å²) in [4.78, 5) is 4.37. The van der Waals surface area contributed by atoms with Gasteiger partial charge in [-0.15, -0.1) is 0 Å². The second kappa shape index (κ2) is 5.95. The molecule has 4 nitrogen and oxygen atoms in total. The highest BCUT2D eigenvalue weighted by Crippen LogP contribution is 2.15. The summed E-state index contributed by atoms with van der Waals surface area (Å²) < 4.78 is 4.28. The summed E-state index contributed by atoms with van der Waals surface area (Å²) in [6.45, 7) is 1.31. The number of anilines is 1. The molecule has 0 atom stereocenters. The second-order valence-corrected chi connectivity index (χ2v) is 4.72. The Hall–Kier alpha value is -1.17. The third-order valence-corrected chi connectivity index (χ3v) is 3.13. The summed E-state index contributed by atoms with van der Waals surface area (Å²) in [6.07, 6.45) is 0.720. The van der Waals surface area contributed by atoms with Crippen molar-refractivity contribution >= 4 is 28.3 Å². The van der Waals surface area contributed by atoms with Gasteiger partial charge in [0.2, 0.25) is 5.13 Å². The smallest absolute Gasteiger partial charge is 0.202 e. The molecule has 17 heavy (non-hydrogen) atoms. The fourth-order valence-corrected chi connectivity index (χ4v) is 2.10. The van der Waals surface area contributed by atoms with Gasteiger partial charge in [-0.3, -0.25) is 0 Å². The van der Waals surface area contributed by atoms with Crippen LogP contribution >= 0.6 is 23.1 Å². The highest BCUT2D eigenvalue weighted by atomic mass is 35.5. The second-order valence-electron chi connectivity index (χ2n) is 3.53. The molecule has 0 radical (unpaired) electrons. The number of hydrogen-bond donors (Lipinski definition) is 2. The molecule has 0 fully saturated rings. The van der Waals surface area contributed by atoms with Crippen LogP contribution in [0.2, 0.25) is 5.02 Å². The molecule has 0 saturated heterocycles. The standard InChI is InChI=1S/C11H13ClN4S/c12-9-3-1-8(2-4-9)7-10-15-11(17-16-10)14-6-5-13/h1-4H,5-7,13H2,(H,14,15,16). The maximum Gasteiger partial charge on any atom is 0.202 e. The Balaban J connectivity index is 1.98. The number of nitrogens with two attached hydrogens (primary N) is 1. The van der Waals surface area contributed by atoms with Crippen LogP contribution < -0.4 is 11.1 Å². The molecule has 0 unspecified atom stereocenters. The Bertz CT molecular complexity index is 469. The van der Waals surface area contributed by atoms with Crippen LogP contribution in [0.25, 0.3) is 0 Å². The molecule has 2 aromatic rings. The van der Waals surface area contributed by atoms with E-state index in [4.69, 9.17) is 17.3 Å². The SMILES string of the molecule is NCCNc1nc(Cc2ccc(Cl)cc2)ns1. The Morgan fingerprint density at radius 3 is 2.76 bits per heavy atom.